The van der Waals surface area contributed by atoms with Crippen molar-refractivity contribution in [2.24, 2.45) is 10.2 Å². The third-order valence-electron chi connectivity index (χ3n) is 4.00. The van der Waals surface area contributed by atoms with Gasteiger partial charge >= 0.3 is 0 Å². The van der Waals surface area contributed by atoms with Crippen LogP contribution >= 0.6 is 11.3 Å². The van der Waals surface area contributed by atoms with E-state index in [0.29, 0.717) is 32.4 Å². The molecule has 2 aliphatic heterocycles. The van der Waals surface area contributed by atoms with E-state index in [-0.39, 0.29) is 11.6 Å². The van der Waals surface area contributed by atoms with E-state index in [2.05, 4.69) is 26.4 Å². The lowest BCUT2D eigenvalue weighted by atomic mass is 10.0. The van der Waals surface area contributed by atoms with Crippen LogP contribution in [0.1, 0.15) is 41.3 Å². The summed E-state index contributed by atoms with van der Waals surface area (Å²) in [5, 5.41) is 12.1. The molecule has 0 unspecified atom stereocenters. The van der Waals surface area contributed by atoms with Crippen LogP contribution in [0, 0.1) is 12.3 Å². The monoisotopic (exact) mass is 332 g/mol. The average molecular weight is 332 g/mol. The number of nitrogens with one attached hydrogen (secondary N) is 1. The molecule has 2 aliphatic rings. The van der Waals surface area contributed by atoms with Gasteiger partial charge in [-0.05, 0) is 0 Å². The number of ether oxygens (including phenoxy) is 1. The first-order valence-electron chi connectivity index (χ1n) is 7.90. The summed E-state index contributed by atoms with van der Waals surface area (Å²) in [4.78, 5) is 17.7. The van der Waals surface area contributed by atoms with E-state index in [1.165, 1.54) is 4.88 Å². The maximum atomic E-state index is 11.9. The van der Waals surface area contributed by atoms with Crippen molar-refractivity contribution >= 4 is 17.2 Å². The van der Waals surface area contributed by atoms with Crippen LogP contribution in [0.2, 0.25) is 0 Å². The van der Waals surface area contributed by atoms with Gasteiger partial charge in [-0.3, -0.25) is 4.79 Å². The first-order chi connectivity index (χ1) is 11.2. The van der Waals surface area contributed by atoms with Gasteiger partial charge in [-0.15, -0.1) is 23.7 Å². The Hall–Kier alpha value is -1.78. The Labute approximate surface area is 139 Å². The van der Waals surface area contributed by atoms with E-state index < -0.39 is 0 Å². The summed E-state index contributed by atoms with van der Waals surface area (Å²) in [5.74, 6) is 2.62. The quantitative estimate of drug-likeness (QED) is 0.742. The van der Waals surface area contributed by atoms with Gasteiger partial charge in [0.05, 0.1) is 28.8 Å². The topological polar surface area (TPSA) is 75.9 Å². The number of amides is 1. The third-order valence-corrected chi connectivity index (χ3v) is 5.14. The third kappa shape index (κ3) is 4.36. The molecule has 3 rings (SSSR count). The number of thiazole rings is 1. The second kappa shape index (κ2) is 7.20. The fourth-order valence-corrected chi connectivity index (χ4v) is 3.62. The number of fused-ring (bicyclic) bond motifs is 1. The largest absolute Gasteiger partial charge is 0.375 e. The standard InChI is InChI=1S/C16H20N4O2S/c1-2-3-7-16(19-20-16)8-4-14(21)17-9-5-15-18-12-6-10-22-11-13(12)23-15/h1H,3-11H2,(H,17,21). The van der Waals surface area contributed by atoms with Crippen LogP contribution in [0.15, 0.2) is 10.2 Å². The summed E-state index contributed by atoms with van der Waals surface area (Å²) in [6.07, 6.45) is 9.37. The zero-order chi connectivity index (χ0) is 16.1. The average Bonchev–Trinajstić information content (AvgIpc) is 3.21. The first kappa shape index (κ1) is 16.1. The molecule has 0 spiro atoms. The van der Waals surface area contributed by atoms with E-state index in [4.69, 9.17) is 11.2 Å². The molecule has 0 atom stereocenters. The highest BCUT2D eigenvalue weighted by molar-refractivity contribution is 7.11. The fraction of sp³-hybridized carbons (Fsp3) is 0.625. The smallest absolute Gasteiger partial charge is 0.220 e. The van der Waals surface area contributed by atoms with Crippen molar-refractivity contribution in [3.8, 4) is 12.3 Å². The van der Waals surface area contributed by atoms with E-state index in [9.17, 15) is 4.79 Å². The molecular weight excluding hydrogens is 312 g/mol. The van der Waals surface area contributed by atoms with Gasteiger partial charge in [-0.1, -0.05) is 0 Å². The van der Waals surface area contributed by atoms with Crippen molar-refractivity contribution in [3.05, 3.63) is 15.6 Å². The van der Waals surface area contributed by atoms with Gasteiger partial charge in [0.1, 0.15) is 0 Å². The summed E-state index contributed by atoms with van der Waals surface area (Å²) < 4.78 is 5.42. The van der Waals surface area contributed by atoms with E-state index >= 15 is 0 Å². The van der Waals surface area contributed by atoms with Crippen molar-refractivity contribution in [3.63, 3.8) is 0 Å². The van der Waals surface area contributed by atoms with Crippen LogP contribution in [0.5, 0.6) is 0 Å². The molecule has 0 fully saturated rings. The zero-order valence-corrected chi connectivity index (χ0v) is 13.8. The minimum Gasteiger partial charge on any atom is -0.375 e. The molecular formula is C16H20N4O2S. The number of hydrogen-bond acceptors (Lipinski definition) is 6. The lowest BCUT2D eigenvalue weighted by molar-refractivity contribution is -0.121. The Bertz CT molecular complexity index is 617. The van der Waals surface area contributed by atoms with Gasteiger partial charge < -0.3 is 10.1 Å². The Morgan fingerprint density at radius 3 is 3.04 bits per heavy atom. The van der Waals surface area contributed by atoms with Crippen LogP contribution in [-0.2, 0) is 29.0 Å². The van der Waals surface area contributed by atoms with E-state index in [1.54, 1.807) is 11.3 Å². The Morgan fingerprint density at radius 1 is 1.43 bits per heavy atom. The molecule has 1 N–H and O–H groups in total. The maximum Gasteiger partial charge on any atom is 0.220 e. The molecule has 0 saturated heterocycles. The second-order valence-electron chi connectivity index (χ2n) is 5.77. The van der Waals surface area contributed by atoms with E-state index in [0.717, 1.165) is 36.6 Å². The fourth-order valence-electron chi connectivity index (χ4n) is 2.56. The molecule has 3 heterocycles. The lowest BCUT2D eigenvalue weighted by Gasteiger charge is -2.08. The number of rotatable bonds is 8. The van der Waals surface area contributed by atoms with Crippen molar-refractivity contribution in [1.82, 2.24) is 10.3 Å². The van der Waals surface area contributed by atoms with Crippen LogP contribution in [0.3, 0.4) is 0 Å². The Balaban J connectivity index is 1.35. The number of hydrogen-bond donors (Lipinski definition) is 1. The summed E-state index contributed by atoms with van der Waals surface area (Å²) in [6.45, 7) is 2.04. The highest BCUT2D eigenvalue weighted by Crippen LogP contribution is 2.37. The molecule has 0 aromatic carbocycles. The number of aromatic nitrogens is 1. The maximum absolute atomic E-state index is 11.9. The van der Waals surface area contributed by atoms with Gasteiger partial charge in [-0.25, -0.2) is 4.98 Å². The van der Waals surface area contributed by atoms with Gasteiger partial charge in [0.2, 0.25) is 5.91 Å². The number of terminal acetylenes is 1. The molecule has 1 aromatic rings. The van der Waals surface area contributed by atoms with Crippen LogP contribution in [-0.4, -0.2) is 29.7 Å². The number of carbonyl (C=O) groups is 1. The molecule has 0 saturated carbocycles. The molecule has 0 aliphatic carbocycles. The normalized spacial score (nSPS) is 17.3. The molecule has 6 nitrogen and oxygen atoms in total. The summed E-state index contributed by atoms with van der Waals surface area (Å²) in [6, 6.07) is 0. The van der Waals surface area contributed by atoms with Crippen molar-refractivity contribution in [2.75, 3.05) is 13.2 Å². The molecule has 23 heavy (non-hydrogen) atoms. The van der Waals surface area contributed by atoms with Crippen LogP contribution in [0.25, 0.3) is 0 Å². The van der Waals surface area contributed by atoms with Crippen LogP contribution in [0.4, 0.5) is 0 Å². The minimum atomic E-state index is -0.377. The molecule has 1 amide bonds. The van der Waals surface area contributed by atoms with Gasteiger partial charge in [0, 0.05) is 45.1 Å². The molecule has 1 aromatic heterocycles. The van der Waals surface area contributed by atoms with Crippen molar-refractivity contribution in [2.45, 2.75) is 50.8 Å². The first-order valence-corrected chi connectivity index (χ1v) is 8.72. The van der Waals surface area contributed by atoms with Gasteiger partial charge in [0.25, 0.3) is 0 Å². The van der Waals surface area contributed by atoms with Crippen molar-refractivity contribution in [1.29, 1.82) is 0 Å². The predicted octanol–water partition coefficient (Wildman–Crippen LogP) is 2.23. The lowest BCUT2D eigenvalue weighted by Crippen LogP contribution is -2.27. The second-order valence-corrected chi connectivity index (χ2v) is 6.93. The molecule has 0 bridgehead atoms. The van der Waals surface area contributed by atoms with Crippen LogP contribution < -0.4 is 5.32 Å². The summed E-state index contributed by atoms with van der Waals surface area (Å²) >= 11 is 1.69. The molecule has 122 valence electrons. The van der Waals surface area contributed by atoms with Gasteiger partial charge in [0.15, 0.2) is 5.66 Å². The Morgan fingerprint density at radius 2 is 2.30 bits per heavy atom. The van der Waals surface area contributed by atoms with Crippen molar-refractivity contribution < 1.29 is 9.53 Å². The zero-order valence-electron chi connectivity index (χ0n) is 13.0. The number of nitrogens with zero attached hydrogens (tertiary/aromatic N) is 3. The SMILES string of the molecule is C#CCCC1(CCC(=O)NCCc2nc3c(s2)COCC3)N=N1. The summed E-state index contributed by atoms with van der Waals surface area (Å²) in [7, 11) is 0. The minimum absolute atomic E-state index is 0.0343. The summed E-state index contributed by atoms with van der Waals surface area (Å²) in [5.41, 5.74) is 0.785. The predicted molar refractivity (Wildman–Crippen MR) is 87.1 cm³/mol. The Kier molecular flexibility index (Phi) is 5.03. The molecule has 0 radical (unpaired) electrons. The highest BCUT2D eigenvalue weighted by Gasteiger charge is 2.39. The molecule has 7 heteroatoms. The van der Waals surface area contributed by atoms with E-state index in [1.807, 2.05) is 0 Å². The van der Waals surface area contributed by atoms with Gasteiger partial charge in [-0.2, -0.15) is 10.2 Å². The highest BCUT2D eigenvalue weighted by atomic mass is 32.1. The number of carbonyl (C=O) groups excluding carboxylic acids is 1.